The van der Waals surface area contributed by atoms with Crippen LogP contribution in [0.5, 0.6) is 0 Å². The Labute approximate surface area is 141 Å². The first-order valence-corrected chi connectivity index (χ1v) is 7.35. The van der Waals surface area contributed by atoms with Crippen LogP contribution in [0.15, 0.2) is 48.5 Å². The van der Waals surface area contributed by atoms with E-state index in [1.54, 1.807) is 30.3 Å². The standard InChI is InChI=1S/C18H12F3NO3/c19-13-8-11(9-14(20)17(13)21)6-7-16(23)22-15(10-25-18(22)24)12-4-2-1-3-5-12/h1-9,15H,10H2/b7-6+/t15-/m0/s1. The number of rotatable bonds is 3. The minimum atomic E-state index is -1.59. The summed E-state index contributed by atoms with van der Waals surface area (Å²) in [7, 11) is 0. The fourth-order valence-corrected chi connectivity index (χ4v) is 2.50. The van der Waals surface area contributed by atoms with Crippen molar-refractivity contribution in [2.45, 2.75) is 6.04 Å². The number of imide groups is 1. The van der Waals surface area contributed by atoms with Gasteiger partial charge in [-0.3, -0.25) is 4.79 Å². The highest BCUT2D eigenvalue weighted by molar-refractivity contribution is 6.02. The summed E-state index contributed by atoms with van der Waals surface area (Å²) in [5, 5.41) is 0. The second-order valence-electron chi connectivity index (χ2n) is 5.34. The SMILES string of the molecule is O=C(/C=C/c1cc(F)c(F)c(F)c1)N1C(=O)OC[C@H]1c1ccccc1. The van der Waals surface area contributed by atoms with Crippen molar-refractivity contribution < 1.29 is 27.5 Å². The number of nitrogens with zero attached hydrogens (tertiary/aromatic N) is 1. The van der Waals surface area contributed by atoms with Crippen molar-refractivity contribution in [2.75, 3.05) is 6.61 Å². The average molecular weight is 347 g/mol. The molecule has 2 aromatic carbocycles. The van der Waals surface area contributed by atoms with Crippen LogP contribution in [-0.2, 0) is 9.53 Å². The third kappa shape index (κ3) is 3.40. The Kier molecular flexibility index (Phi) is 4.56. The molecule has 1 fully saturated rings. The molecule has 7 heteroatoms. The first-order valence-electron chi connectivity index (χ1n) is 7.35. The molecule has 0 bridgehead atoms. The lowest BCUT2D eigenvalue weighted by Crippen LogP contribution is -2.32. The van der Waals surface area contributed by atoms with Gasteiger partial charge in [0, 0.05) is 6.08 Å². The number of hydrogen-bond acceptors (Lipinski definition) is 3. The number of amides is 2. The largest absolute Gasteiger partial charge is 0.446 e. The van der Waals surface area contributed by atoms with Gasteiger partial charge in [0.1, 0.15) is 12.6 Å². The summed E-state index contributed by atoms with van der Waals surface area (Å²) >= 11 is 0. The number of carbonyl (C=O) groups is 2. The van der Waals surface area contributed by atoms with Crippen LogP contribution in [0.1, 0.15) is 17.2 Å². The van der Waals surface area contributed by atoms with Gasteiger partial charge in [-0.25, -0.2) is 22.9 Å². The van der Waals surface area contributed by atoms with Gasteiger partial charge in [0.05, 0.1) is 0 Å². The topological polar surface area (TPSA) is 46.6 Å². The quantitative estimate of drug-likeness (QED) is 0.626. The Morgan fingerprint density at radius 2 is 1.76 bits per heavy atom. The molecule has 1 saturated heterocycles. The van der Waals surface area contributed by atoms with Gasteiger partial charge in [0.2, 0.25) is 0 Å². The molecule has 128 valence electrons. The molecular formula is C18H12F3NO3. The molecule has 0 unspecified atom stereocenters. The van der Waals surface area contributed by atoms with Crippen LogP contribution in [0.4, 0.5) is 18.0 Å². The van der Waals surface area contributed by atoms with E-state index in [1.807, 2.05) is 0 Å². The molecule has 4 nitrogen and oxygen atoms in total. The molecule has 0 aromatic heterocycles. The van der Waals surface area contributed by atoms with E-state index in [1.165, 1.54) is 0 Å². The van der Waals surface area contributed by atoms with Crippen LogP contribution in [0.25, 0.3) is 6.08 Å². The molecule has 2 amide bonds. The Balaban J connectivity index is 1.83. The highest BCUT2D eigenvalue weighted by Gasteiger charge is 2.37. The molecule has 1 atom stereocenters. The van der Waals surface area contributed by atoms with Crippen LogP contribution >= 0.6 is 0 Å². The molecule has 2 aromatic rings. The maximum absolute atomic E-state index is 13.2. The summed E-state index contributed by atoms with van der Waals surface area (Å²) in [6.07, 6.45) is 1.27. The number of ether oxygens (including phenoxy) is 1. The van der Waals surface area contributed by atoms with Crippen LogP contribution < -0.4 is 0 Å². The van der Waals surface area contributed by atoms with Crippen LogP contribution in [-0.4, -0.2) is 23.5 Å². The zero-order valence-corrected chi connectivity index (χ0v) is 12.8. The normalized spacial score (nSPS) is 17.2. The number of carbonyl (C=O) groups excluding carboxylic acids is 2. The maximum Gasteiger partial charge on any atom is 0.417 e. The predicted molar refractivity (Wildman–Crippen MR) is 82.7 cm³/mol. The summed E-state index contributed by atoms with van der Waals surface area (Å²) in [5.74, 6) is -5.03. The van der Waals surface area contributed by atoms with Gasteiger partial charge in [-0.05, 0) is 29.3 Å². The second-order valence-corrected chi connectivity index (χ2v) is 5.34. The molecule has 1 aliphatic rings. The Bertz CT molecular complexity index is 829. The van der Waals surface area contributed by atoms with Gasteiger partial charge >= 0.3 is 6.09 Å². The Morgan fingerprint density at radius 3 is 2.40 bits per heavy atom. The van der Waals surface area contributed by atoms with Gasteiger partial charge in [-0.2, -0.15) is 0 Å². The molecule has 0 spiro atoms. The Morgan fingerprint density at radius 1 is 1.12 bits per heavy atom. The van der Waals surface area contributed by atoms with Crippen LogP contribution in [0.2, 0.25) is 0 Å². The lowest BCUT2D eigenvalue weighted by molar-refractivity contribution is -0.124. The fraction of sp³-hybridized carbons (Fsp3) is 0.111. The zero-order chi connectivity index (χ0) is 18.0. The van der Waals surface area contributed by atoms with Crippen molar-refractivity contribution in [1.82, 2.24) is 4.90 Å². The maximum atomic E-state index is 13.2. The fourth-order valence-electron chi connectivity index (χ4n) is 2.50. The summed E-state index contributed by atoms with van der Waals surface area (Å²) in [5.41, 5.74) is 0.669. The number of halogens is 3. The molecule has 1 aliphatic heterocycles. The summed E-state index contributed by atoms with van der Waals surface area (Å²) in [4.78, 5) is 25.1. The van der Waals surface area contributed by atoms with E-state index in [-0.39, 0.29) is 12.2 Å². The molecule has 0 radical (unpaired) electrons. The molecular weight excluding hydrogens is 335 g/mol. The Hall–Kier alpha value is -3.09. The molecule has 0 saturated carbocycles. The van der Waals surface area contributed by atoms with E-state index in [2.05, 4.69) is 0 Å². The minimum absolute atomic E-state index is 0.0161. The van der Waals surface area contributed by atoms with Crippen molar-refractivity contribution in [3.63, 3.8) is 0 Å². The van der Waals surface area contributed by atoms with Gasteiger partial charge in [-0.1, -0.05) is 30.3 Å². The molecule has 0 aliphatic carbocycles. The second kappa shape index (κ2) is 6.80. The van der Waals surface area contributed by atoms with Gasteiger partial charge < -0.3 is 4.74 Å². The summed E-state index contributed by atoms with van der Waals surface area (Å²) in [6.45, 7) is 0.0161. The van der Waals surface area contributed by atoms with E-state index in [0.717, 1.165) is 29.2 Å². The lowest BCUT2D eigenvalue weighted by Gasteiger charge is -2.18. The van der Waals surface area contributed by atoms with E-state index in [0.29, 0.717) is 5.56 Å². The number of cyclic esters (lactones) is 1. The third-order valence-corrected chi connectivity index (χ3v) is 3.72. The first-order chi connectivity index (χ1) is 12.0. The number of benzene rings is 2. The van der Waals surface area contributed by atoms with Gasteiger partial charge in [-0.15, -0.1) is 0 Å². The van der Waals surface area contributed by atoms with Crippen molar-refractivity contribution in [2.24, 2.45) is 0 Å². The van der Waals surface area contributed by atoms with Crippen LogP contribution in [0, 0.1) is 17.5 Å². The molecule has 1 heterocycles. The van der Waals surface area contributed by atoms with E-state index < -0.39 is 35.5 Å². The lowest BCUT2D eigenvalue weighted by atomic mass is 10.1. The number of hydrogen-bond donors (Lipinski definition) is 0. The monoisotopic (exact) mass is 347 g/mol. The molecule has 25 heavy (non-hydrogen) atoms. The van der Waals surface area contributed by atoms with Crippen molar-refractivity contribution >= 4 is 18.1 Å². The molecule has 3 rings (SSSR count). The van der Waals surface area contributed by atoms with Gasteiger partial charge in [0.25, 0.3) is 5.91 Å². The molecule has 0 N–H and O–H groups in total. The van der Waals surface area contributed by atoms with Crippen molar-refractivity contribution in [3.05, 3.63) is 77.1 Å². The summed E-state index contributed by atoms with van der Waals surface area (Å²) in [6, 6.07) is 9.74. The van der Waals surface area contributed by atoms with Crippen LogP contribution in [0.3, 0.4) is 0 Å². The average Bonchev–Trinajstić information content (AvgIpc) is 3.00. The van der Waals surface area contributed by atoms with E-state index in [4.69, 9.17) is 4.74 Å². The minimum Gasteiger partial charge on any atom is -0.446 e. The van der Waals surface area contributed by atoms with Gasteiger partial charge in [0.15, 0.2) is 17.5 Å². The highest BCUT2D eigenvalue weighted by Crippen LogP contribution is 2.28. The highest BCUT2D eigenvalue weighted by atomic mass is 19.2. The van der Waals surface area contributed by atoms with E-state index >= 15 is 0 Å². The first kappa shape index (κ1) is 16.8. The third-order valence-electron chi connectivity index (χ3n) is 3.72. The smallest absolute Gasteiger partial charge is 0.417 e. The van der Waals surface area contributed by atoms with Crippen molar-refractivity contribution in [3.8, 4) is 0 Å². The summed E-state index contributed by atoms with van der Waals surface area (Å²) < 4.78 is 44.2. The van der Waals surface area contributed by atoms with E-state index in [9.17, 15) is 22.8 Å². The zero-order valence-electron chi connectivity index (χ0n) is 12.8. The predicted octanol–water partition coefficient (Wildman–Crippen LogP) is 3.84. The van der Waals surface area contributed by atoms with Crippen molar-refractivity contribution in [1.29, 1.82) is 0 Å².